The number of hydrogen-bond donors (Lipinski definition) is 2. The number of nitrogens with one attached hydrogen (secondary N) is 1. The van der Waals surface area contributed by atoms with Crippen LogP contribution in [-0.2, 0) is 9.59 Å². The van der Waals surface area contributed by atoms with Crippen LogP contribution in [0.5, 0.6) is 5.75 Å². The van der Waals surface area contributed by atoms with E-state index < -0.39 is 24.8 Å². The Morgan fingerprint density at radius 1 is 1.18 bits per heavy atom. The molecule has 8 nitrogen and oxygen atoms in total. The van der Waals surface area contributed by atoms with Gasteiger partial charge >= 0.3 is 0 Å². The molecule has 1 saturated carbocycles. The first-order chi connectivity index (χ1) is 18.5. The van der Waals surface area contributed by atoms with Gasteiger partial charge in [0.25, 0.3) is 0 Å². The number of benzene rings is 2. The Balaban J connectivity index is 1.25. The zero-order valence-electron chi connectivity index (χ0n) is 20.6. The summed E-state index contributed by atoms with van der Waals surface area (Å²) in [6.45, 7) is -0.547. The van der Waals surface area contributed by atoms with Gasteiger partial charge in [-0.3, -0.25) is 14.6 Å². The summed E-state index contributed by atoms with van der Waals surface area (Å²) in [6.07, 6.45) is 2.33. The third kappa shape index (κ3) is 5.50. The number of carbonyl (C=O) groups is 2. The molecule has 0 unspecified atom stereocenters. The second kappa shape index (κ2) is 11.0. The van der Waals surface area contributed by atoms with Crippen LogP contribution in [0.4, 0.5) is 10.1 Å². The van der Waals surface area contributed by atoms with Crippen molar-refractivity contribution >= 4 is 17.5 Å². The molecule has 2 N–H and O–H groups in total. The number of amides is 2. The van der Waals surface area contributed by atoms with Crippen molar-refractivity contribution in [3.8, 4) is 22.9 Å². The highest BCUT2D eigenvalue weighted by Crippen LogP contribution is 2.47. The molecule has 2 aromatic carbocycles. The number of nitriles is 1. The van der Waals surface area contributed by atoms with Gasteiger partial charge in [-0.1, -0.05) is 24.3 Å². The standard InChI is InChI=1S/C29H27FN4O4/c30-25-16-34(28(36)17-35)10-8-27(25)38-26-7-6-19(11-21(26)14-31)18-3-1-5-22(12-18)33-29(37)24-13-23(24)20-4-2-9-32-15-20/h1-7,9,11-12,15,23-25,27,35H,8,10,13,16-17H2,(H,33,37)/t23-,24+,25-,27+/m1/s1. The monoisotopic (exact) mass is 514 g/mol. The van der Waals surface area contributed by atoms with Crippen LogP contribution in [0.1, 0.15) is 29.9 Å². The number of halogens is 1. The molecule has 194 valence electrons. The zero-order chi connectivity index (χ0) is 26.6. The minimum Gasteiger partial charge on any atom is -0.486 e. The molecular weight excluding hydrogens is 487 g/mol. The van der Waals surface area contributed by atoms with Crippen LogP contribution in [0.3, 0.4) is 0 Å². The van der Waals surface area contributed by atoms with Gasteiger partial charge in [-0.25, -0.2) is 4.39 Å². The lowest BCUT2D eigenvalue weighted by Gasteiger charge is -2.34. The van der Waals surface area contributed by atoms with E-state index in [0.717, 1.165) is 23.1 Å². The number of rotatable bonds is 7. The summed E-state index contributed by atoms with van der Waals surface area (Å²) in [7, 11) is 0. The molecule has 38 heavy (non-hydrogen) atoms. The predicted molar refractivity (Wildman–Crippen MR) is 138 cm³/mol. The minimum absolute atomic E-state index is 0.0371. The first-order valence-corrected chi connectivity index (χ1v) is 12.5. The number of carbonyl (C=O) groups excluding carboxylic acids is 2. The highest BCUT2D eigenvalue weighted by Gasteiger charge is 2.44. The summed E-state index contributed by atoms with van der Waals surface area (Å²) in [6, 6.07) is 18.5. The fourth-order valence-electron chi connectivity index (χ4n) is 4.87. The van der Waals surface area contributed by atoms with E-state index in [2.05, 4.69) is 16.4 Å². The maximum Gasteiger partial charge on any atom is 0.248 e. The zero-order valence-corrected chi connectivity index (χ0v) is 20.6. The van der Waals surface area contributed by atoms with Crippen LogP contribution < -0.4 is 10.1 Å². The van der Waals surface area contributed by atoms with Crippen LogP contribution in [0, 0.1) is 17.2 Å². The van der Waals surface area contributed by atoms with Crippen molar-refractivity contribution in [3.05, 3.63) is 78.1 Å². The number of aliphatic hydroxyl groups excluding tert-OH is 1. The highest BCUT2D eigenvalue weighted by atomic mass is 19.1. The van der Waals surface area contributed by atoms with Crippen LogP contribution >= 0.6 is 0 Å². The molecule has 1 aliphatic heterocycles. The Bertz CT molecular complexity index is 1380. The summed E-state index contributed by atoms with van der Waals surface area (Å²) in [5.41, 5.74) is 3.55. The molecule has 1 aromatic heterocycles. The maximum absolute atomic E-state index is 14.7. The number of pyridine rings is 1. The molecule has 2 heterocycles. The molecule has 9 heteroatoms. The number of piperidine rings is 1. The van der Waals surface area contributed by atoms with Gasteiger partial charge < -0.3 is 20.1 Å². The Kier molecular flexibility index (Phi) is 7.33. The van der Waals surface area contributed by atoms with E-state index in [0.29, 0.717) is 5.69 Å². The predicted octanol–water partition coefficient (Wildman–Crippen LogP) is 3.67. The molecule has 3 aromatic rings. The third-order valence-electron chi connectivity index (χ3n) is 7.05. The largest absolute Gasteiger partial charge is 0.486 e. The molecule has 0 radical (unpaired) electrons. The molecule has 0 spiro atoms. The molecule has 2 amide bonds. The van der Waals surface area contributed by atoms with Crippen LogP contribution in [-0.4, -0.2) is 58.8 Å². The third-order valence-corrected chi connectivity index (χ3v) is 7.05. The molecular formula is C29H27FN4O4. The van der Waals surface area contributed by atoms with Gasteiger partial charge in [-0.15, -0.1) is 0 Å². The van der Waals surface area contributed by atoms with Crippen LogP contribution in [0.15, 0.2) is 67.0 Å². The number of nitrogens with zero attached hydrogens (tertiary/aromatic N) is 3. The van der Waals surface area contributed by atoms with Gasteiger partial charge in [0.2, 0.25) is 11.8 Å². The van der Waals surface area contributed by atoms with E-state index in [1.54, 1.807) is 30.6 Å². The normalized spacial score (nSPS) is 22.3. The summed E-state index contributed by atoms with van der Waals surface area (Å²) in [5.74, 6) is -0.186. The highest BCUT2D eigenvalue weighted by molar-refractivity contribution is 5.95. The summed E-state index contributed by atoms with van der Waals surface area (Å²) in [4.78, 5) is 29.8. The second-order valence-corrected chi connectivity index (χ2v) is 9.59. The number of aromatic nitrogens is 1. The molecule has 4 atom stereocenters. The van der Waals surface area contributed by atoms with E-state index in [4.69, 9.17) is 9.84 Å². The van der Waals surface area contributed by atoms with E-state index in [1.165, 1.54) is 4.90 Å². The fourth-order valence-corrected chi connectivity index (χ4v) is 4.87. The average molecular weight is 515 g/mol. The van der Waals surface area contributed by atoms with Gasteiger partial charge in [-0.2, -0.15) is 5.26 Å². The van der Waals surface area contributed by atoms with Gasteiger partial charge in [0, 0.05) is 37.0 Å². The molecule has 2 fully saturated rings. The van der Waals surface area contributed by atoms with Crippen molar-refractivity contribution in [2.75, 3.05) is 25.0 Å². The van der Waals surface area contributed by atoms with Gasteiger partial charge in [0.05, 0.1) is 12.1 Å². The quantitative estimate of drug-likeness (QED) is 0.497. The molecule has 0 bridgehead atoms. The van der Waals surface area contributed by atoms with Crippen LogP contribution in [0.25, 0.3) is 11.1 Å². The van der Waals surface area contributed by atoms with E-state index in [9.17, 15) is 19.2 Å². The molecule has 5 rings (SSSR count). The number of alkyl halides is 1. The molecule has 2 aliphatic rings. The van der Waals surface area contributed by atoms with E-state index in [-0.39, 0.29) is 48.6 Å². The topological polar surface area (TPSA) is 116 Å². The van der Waals surface area contributed by atoms with Crippen LogP contribution in [0.2, 0.25) is 0 Å². The number of anilines is 1. The minimum atomic E-state index is -1.44. The maximum atomic E-state index is 14.7. The number of ether oxygens (including phenoxy) is 1. The Hall–Kier alpha value is -4.29. The summed E-state index contributed by atoms with van der Waals surface area (Å²) >= 11 is 0. The van der Waals surface area contributed by atoms with Crippen molar-refractivity contribution in [1.82, 2.24) is 9.88 Å². The Morgan fingerprint density at radius 2 is 2.03 bits per heavy atom. The van der Waals surface area contributed by atoms with Crippen molar-refractivity contribution in [3.63, 3.8) is 0 Å². The number of hydrogen-bond acceptors (Lipinski definition) is 6. The first kappa shape index (κ1) is 25.4. The van der Waals surface area contributed by atoms with Crippen molar-refractivity contribution in [1.29, 1.82) is 5.26 Å². The van der Waals surface area contributed by atoms with Gasteiger partial charge in [0.1, 0.15) is 24.5 Å². The molecule has 1 saturated heterocycles. The first-order valence-electron chi connectivity index (χ1n) is 12.5. The summed E-state index contributed by atoms with van der Waals surface area (Å²) < 4.78 is 20.5. The molecule has 1 aliphatic carbocycles. The fraction of sp³-hybridized carbons (Fsp3) is 0.310. The lowest BCUT2D eigenvalue weighted by molar-refractivity contribution is -0.138. The summed E-state index contributed by atoms with van der Waals surface area (Å²) in [5, 5.41) is 21.7. The van der Waals surface area contributed by atoms with E-state index in [1.807, 2.05) is 36.4 Å². The number of likely N-dealkylation sites (tertiary alicyclic amines) is 1. The Morgan fingerprint density at radius 3 is 2.76 bits per heavy atom. The SMILES string of the molecule is N#Cc1cc(-c2cccc(NC(=O)[C@H]3C[C@@H]3c3cccnc3)c2)ccc1O[C@H]1CCN(C(=O)CO)C[C@H]1F. The van der Waals surface area contributed by atoms with Gasteiger partial charge in [0.15, 0.2) is 6.17 Å². The lowest BCUT2D eigenvalue weighted by Crippen LogP contribution is -2.50. The average Bonchev–Trinajstić information content (AvgIpc) is 3.76. The van der Waals surface area contributed by atoms with Crippen molar-refractivity contribution in [2.45, 2.75) is 31.0 Å². The van der Waals surface area contributed by atoms with Gasteiger partial charge in [-0.05, 0) is 59.4 Å². The Labute approximate surface area is 219 Å². The lowest BCUT2D eigenvalue weighted by atomic mass is 10.0. The smallest absolute Gasteiger partial charge is 0.248 e. The number of aliphatic hydroxyl groups is 1. The van der Waals surface area contributed by atoms with Crippen molar-refractivity contribution in [2.24, 2.45) is 5.92 Å². The van der Waals surface area contributed by atoms with E-state index >= 15 is 0 Å². The van der Waals surface area contributed by atoms with Crippen molar-refractivity contribution < 1.29 is 23.8 Å². The second-order valence-electron chi connectivity index (χ2n) is 9.59.